The lowest BCUT2D eigenvalue weighted by Crippen LogP contribution is -2.32. The minimum atomic E-state index is -0.367. The van der Waals surface area contributed by atoms with E-state index in [-0.39, 0.29) is 16.5 Å². The summed E-state index contributed by atoms with van der Waals surface area (Å²) in [6.07, 6.45) is 4.77. The van der Waals surface area contributed by atoms with Gasteiger partial charge in [-0.25, -0.2) is 0 Å². The van der Waals surface area contributed by atoms with Crippen molar-refractivity contribution >= 4 is 17.3 Å². The standard InChI is InChI=1S/C24H32N4O3/c1-18(29)26-23-10-6-21(7-11-23)16-27(15-20-4-2-19(14-25)3-5-20)17-22-8-12-24(13-9-22)28(30)31/h6-13,19-20H,2-5,14-17,25H2,1H3,(H,26,29). The number of benzene rings is 2. The third kappa shape index (κ3) is 7.15. The third-order valence-electron chi connectivity index (χ3n) is 6.05. The zero-order valence-corrected chi connectivity index (χ0v) is 18.1. The molecular weight excluding hydrogens is 392 g/mol. The second-order valence-electron chi connectivity index (χ2n) is 8.59. The highest BCUT2D eigenvalue weighted by Crippen LogP contribution is 2.29. The maximum Gasteiger partial charge on any atom is 0.269 e. The Hall–Kier alpha value is -2.77. The summed E-state index contributed by atoms with van der Waals surface area (Å²) in [5.74, 6) is 1.21. The molecule has 1 amide bonds. The van der Waals surface area contributed by atoms with Crippen LogP contribution in [-0.2, 0) is 17.9 Å². The van der Waals surface area contributed by atoms with E-state index in [9.17, 15) is 14.9 Å². The fourth-order valence-corrected chi connectivity index (χ4v) is 4.34. The van der Waals surface area contributed by atoms with E-state index in [2.05, 4.69) is 10.2 Å². The molecule has 0 radical (unpaired) electrons. The van der Waals surface area contributed by atoms with Crippen LogP contribution in [0.3, 0.4) is 0 Å². The predicted molar refractivity (Wildman–Crippen MR) is 122 cm³/mol. The largest absolute Gasteiger partial charge is 0.330 e. The first-order valence-electron chi connectivity index (χ1n) is 10.9. The number of hydrogen-bond acceptors (Lipinski definition) is 5. The van der Waals surface area contributed by atoms with Crippen molar-refractivity contribution in [3.8, 4) is 0 Å². The van der Waals surface area contributed by atoms with Gasteiger partial charge in [0.1, 0.15) is 0 Å². The maximum atomic E-state index is 11.2. The molecule has 0 aliphatic heterocycles. The molecule has 0 saturated heterocycles. The van der Waals surface area contributed by atoms with Crippen LogP contribution in [0.2, 0.25) is 0 Å². The summed E-state index contributed by atoms with van der Waals surface area (Å²) in [6.45, 7) is 4.79. The number of nitrogens with two attached hydrogens (primary N) is 1. The Labute approximate surface area is 183 Å². The van der Waals surface area contributed by atoms with Crippen molar-refractivity contribution in [2.75, 3.05) is 18.4 Å². The first kappa shape index (κ1) is 22.9. The molecule has 1 aliphatic carbocycles. The van der Waals surface area contributed by atoms with Gasteiger partial charge >= 0.3 is 0 Å². The Bertz CT molecular complexity index is 859. The van der Waals surface area contributed by atoms with E-state index in [1.165, 1.54) is 38.2 Å². The molecule has 3 rings (SSSR count). The number of nitro benzene ring substituents is 1. The van der Waals surface area contributed by atoms with E-state index in [0.717, 1.165) is 37.4 Å². The van der Waals surface area contributed by atoms with Crippen LogP contribution in [0.15, 0.2) is 48.5 Å². The molecule has 0 atom stereocenters. The molecule has 2 aromatic carbocycles. The molecule has 0 bridgehead atoms. The van der Waals surface area contributed by atoms with Gasteiger partial charge in [-0.15, -0.1) is 0 Å². The van der Waals surface area contributed by atoms with Crippen LogP contribution in [0.5, 0.6) is 0 Å². The number of rotatable bonds is 9. The van der Waals surface area contributed by atoms with E-state index >= 15 is 0 Å². The lowest BCUT2D eigenvalue weighted by atomic mass is 9.82. The first-order valence-corrected chi connectivity index (χ1v) is 10.9. The van der Waals surface area contributed by atoms with Crippen molar-refractivity contribution in [3.63, 3.8) is 0 Å². The van der Waals surface area contributed by atoms with E-state index in [0.29, 0.717) is 11.8 Å². The summed E-state index contributed by atoms with van der Waals surface area (Å²) in [5, 5.41) is 13.7. The lowest BCUT2D eigenvalue weighted by Gasteiger charge is -2.32. The second-order valence-corrected chi connectivity index (χ2v) is 8.59. The number of nitrogens with one attached hydrogen (secondary N) is 1. The predicted octanol–water partition coefficient (Wildman–Crippen LogP) is 4.32. The number of nitrogens with zero attached hydrogens (tertiary/aromatic N) is 2. The number of anilines is 1. The van der Waals surface area contributed by atoms with Crippen molar-refractivity contribution in [2.45, 2.75) is 45.7 Å². The molecule has 0 aromatic heterocycles. The van der Waals surface area contributed by atoms with Gasteiger partial charge in [-0.2, -0.15) is 0 Å². The Morgan fingerprint density at radius 2 is 1.52 bits per heavy atom. The van der Waals surface area contributed by atoms with Crippen molar-refractivity contribution in [1.29, 1.82) is 0 Å². The fraction of sp³-hybridized carbons (Fsp3) is 0.458. The Balaban J connectivity index is 1.68. The van der Waals surface area contributed by atoms with Crippen molar-refractivity contribution < 1.29 is 9.72 Å². The van der Waals surface area contributed by atoms with Crippen LogP contribution < -0.4 is 11.1 Å². The Kier molecular flexibility index (Phi) is 8.14. The molecule has 0 unspecified atom stereocenters. The molecule has 166 valence electrons. The van der Waals surface area contributed by atoms with Crippen LogP contribution in [0, 0.1) is 22.0 Å². The molecule has 1 fully saturated rings. The number of non-ortho nitro benzene ring substituents is 1. The fourth-order valence-electron chi connectivity index (χ4n) is 4.34. The number of hydrogen-bond donors (Lipinski definition) is 2. The topological polar surface area (TPSA) is 102 Å². The normalized spacial score (nSPS) is 18.7. The minimum Gasteiger partial charge on any atom is -0.330 e. The SMILES string of the molecule is CC(=O)Nc1ccc(CN(Cc2ccc([N+](=O)[O-])cc2)CC2CCC(CN)CC2)cc1. The zero-order chi connectivity index (χ0) is 22.2. The average molecular weight is 425 g/mol. The van der Waals surface area contributed by atoms with E-state index in [4.69, 9.17) is 5.73 Å². The van der Waals surface area contributed by atoms with Crippen LogP contribution in [0.25, 0.3) is 0 Å². The Morgan fingerprint density at radius 3 is 2.00 bits per heavy atom. The molecule has 1 saturated carbocycles. The van der Waals surface area contributed by atoms with Crippen LogP contribution in [0.4, 0.5) is 11.4 Å². The summed E-state index contributed by atoms with van der Waals surface area (Å²) < 4.78 is 0. The van der Waals surface area contributed by atoms with Gasteiger partial charge in [0.05, 0.1) is 4.92 Å². The summed E-state index contributed by atoms with van der Waals surface area (Å²) in [5.41, 5.74) is 8.99. The summed E-state index contributed by atoms with van der Waals surface area (Å²) in [7, 11) is 0. The first-order chi connectivity index (χ1) is 14.9. The molecule has 0 heterocycles. The van der Waals surface area contributed by atoms with Gasteiger partial charge in [0.2, 0.25) is 5.91 Å². The zero-order valence-electron chi connectivity index (χ0n) is 18.1. The molecule has 7 heteroatoms. The van der Waals surface area contributed by atoms with Crippen LogP contribution in [0.1, 0.15) is 43.7 Å². The van der Waals surface area contributed by atoms with E-state index in [1.54, 1.807) is 12.1 Å². The smallest absolute Gasteiger partial charge is 0.269 e. The summed E-state index contributed by atoms with van der Waals surface area (Å²) in [4.78, 5) is 24.2. The molecule has 3 N–H and O–H groups in total. The average Bonchev–Trinajstić information content (AvgIpc) is 2.75. The number of amides is 1. The van der Waals surface area contributed by atoms with Gasteiger partial charge in [-0.05, 0) is 67.3 Å². The van der Waals surface area contributed by atoms with Gasteiger partial charge in [-0.3, -0.25) is 19.8 Å². The molecular formula is C24H32N4O3. The van der Waals surface area contributed by atoms with E-state index in [1.807, 2.05) is 36.4 Å². The van der Waals surface area contributed by atoms with Gasteiger partial charge in [0.15, 0.2) is 0 Å². The highest BCUT2D eigenvalue weighted by molar-refractivity contribution is 5.88. The quantitative estimate of drug-likeness (QED) is 0.461. The van der Waals surface area contributed by atoms with Gasteiger partial charge in [0.25, 0.3) is 5.69 Å². The van der Waals surface area contributed by atoms with E-state index < -0.39 is 0 Å². The van der Waals surface area contributed by atoms with Crippen LogP contribution in [-0.4, -0.2) is 28.8 Å². The number of carbonyl (C=O) groups is 1. The van der Waals surface area contributed by atoms with Gasteiger partial charge in [-0.1, -0.05) is 24.3 Å². The highest BCUT2D eigenvalue weighted by atomic mass is 16.6. The third-order valence-corrected chi connectivity index (χ3v) is 6.05. The molecule has 2 aromatic rings. The second kappa shape index (κ2) is 11.0. The summed E-state index contributed by atoms with van der Waals surface area (Å²) in [6, 6.07) is 14.8. The maximum absolute atomic E-state index is 11.2. The van der Waals surface area contributed by atoms with Crippen molar-refractivity contribution in [2.24, 2.45) is 17.6 Å². The van der Waals surface area contributed by atoms with Gasteiger partial charge < -0.3 is 11.1 Å². The highest BCUT2D eigenvalue weighted by Gasteiger charge is 2.22. The summed E-state index contributed by atoms with van der Waals surface area (Å²) >= 11 is 0. The molecule has 7 nitrogen and oxygen atoms in total. The number of nitro groups is 1. The molecule has 1 aliphatic rings. The minimum absolute atomic E-state index is 0.0828. The van der Waals surface area contributed by atoms with Crippen molar-refractivity contribution in [1.82, 2.24) is 4.90 Å². The number of carbonyl (C=O) groups excluding carboxylic acids is 1. The Morgan fingerprint density at radius 1 is 1.00 bits per heavy atom. The molecule has 0 spiro atoms. The van der Waals surface area contributed by atoms with Crippen LogP contribution >= 0.6 is 0 Å². The monoisotopic (exact) mass is 424 g/mol. The lowest BCUT2D eigenvalue weighted by molar-refractivity contribution is -0.384. The van der Waals surface area contributed by atoms with Crippen molar-refractivity contribution in [3.05, 3.63) is 69.8 Å². The van der Waals surface area contributed by atoms with Gasteiger partial charge in [0, 0.05) is 44.4 Å². The molecule has 31 heavy (non-hydrogen) atoms.